The summed E-state index contributed by atoms with van der Waals surface area (Å²) in [5.74, 6) is 1.76. The second kappa shape index (κ2) is 7.31. The molecule has 1 unspecified atom stereocenters. The van der Waals surface area contributed by atoms with E-state index in [4.69, 9.17) is 24.9 Å². The number of methoxy groups -OCH3 is 3. The number of rotatable bonds is 5. The van der Waals surface area contributed by atoms with E-state index in [0.29, 0.717) is 17.2 Å². The zero-order valence-corrected chi connectivity index (χ0v) is 16.2. The molecule has 6 heteroatoms. The van der Waals surface area contributed by atoms with Crippen LogP contribution >= 0.6 is 0 Å². The van der Waals surface area contributed by atoms with Crippen LogP contribution < -0.4 is 19.9 Å². The number of anilines is 1. The normalized spacial score (nSPS) is 15.5. The third-order valence-corrected chi connectivity index (χ3v) is 4.96. The van der Waals surface area contributed by atoms with Crippen LogP contribution in [0.25, 0.3) is 0 Å². The molecule has 1 aromatic heterocycles. The number of nitrogen functional groups attached to an aromatic ring is 1. The maximum absolute atomic E-state index is 5.99. The first-order valence-corrected chi connectivity index (χ1v) is 9.03. The van der Waals surface area contributed by atoms with Gasteiger partial charge in [-0.05, 0) is 42.0 Å². The molecular weight excluding hydrogens is 354 g/mol. The summed E-state index contributed by atoms with van der Waals surface area (Å²) in [4.78, 5) is 5.07. The molecule has 0 saturated heterocycles. The molecule has 0 bridgehead atoms. The van der Waals surface area contributed by atoms with Crippen LogP contribution in [0, 0.1) is 0 Å². The molecule has 144 valence electrons. The van der Waals surface area contributed by atoms with E-state index in [1.165, 1.54) is 0 Å². The quantitative estimate of drug-likeness (QED) is 0.689. The van der Waals surface area contributed by atoms with Gasteiger partial charge < -0.3 is 24.5 Å². The Morgan fingerprint density at radius 2 is 1.71 bits per heavy atom. The van der Waals surface area contributed by atoms with Gasteiger partial charge in [0.05, 0.1) is 38.8 Å². The number of aliphatic imine (C=N–C) groups is 1. The molecular formula is C22H23N3O3. The summed E-state index contributed by atoms with van der Waals surface area (Å²) in [7, 11) is 4.82. The van der Waals surface area contributed by atoms with E-state index in [0.717, 1.165) is 34.8 Å². The number of hydrogen-bond acceptors (Lipinski definition) is 5. The molecule has 2 aromatic carbocycles. The van der Waals surface area contributed by atoms with Gasteiger partial charge in [-0.3, -0.25) is 4.99 Å². The van der Waals surface area contributed by atoms with Crippen LogP contribution in [0.1, 0.15) is 22.9 Å². The van der Waals surface area contributed by atoms with E-state index in [1.54, 1.807) is 21.3 Å². The lowest BCUT2D eigenvalue weighted by Crippen LogP contribution is -2.21. The lowest BCUT2D eigenvalue weighted by Gasteiger charge is -2.25. The standard InChI is InChI=1S/C22H23N3O3/c1-26-19-11-15(12-20(27-2)22(19)28-3)21-18-8-5-9-25(18)13-17(24-21)14-6-4-7-16(23)10-14/h4-12,17H,13,23H2,1-3H3. The van der Waals surface area contributed by atoms with Gasteiger partial charge in [-0.1, -0.05) is 12.1 Å². The fraction of sp³-hybridized carbons (Fsp3) is 0.227. The van der Waals surface area contributed by atoms with Gasteiger partial charge in [-0.25, -0.2) is 0 Å². The number of nitrogens with two attached hydrogens (primary N) is 1. The van der Waals surface area contributed by atoms with Crippen molar-refractivity contribution in [2.75, 3.05) is 27.1 Å². The lowest BCUT2D eigenvalue weighted by atomic mass is 10.00. The third-order valence-electron chi connectivity index (χ3n) is 4.96. The first-order valence-electron chi connectivity index (χ1n) is 9.03. The van der Waals surface area contributed by atoms with Crippen LogP contribution in [0.4, 0.5) is 5.69 Å². The van der Waals surface area contributed by atoms with Gasteiger partial charge >= 0.3 is 0 Å². The van der Waals surface area contributed by atoms with Crippen molar-refractivity contribution in [3.05, 3.63) is 71.5 Å². The fourth-order valence-corrected chi connectivity index (χ4v) is 3.62. The van der Waals surface area contributed by atoms with Gasteiger partial charge in [0, 0.05) is 24.0 Å². The Balaban J connectivity index is 1.87. The number of aromatic nitrogens is 1. The Labute approximate surface area is 164 Å². The Kier molecular flexibility index (Phi) is 4.69. The lowest BCUT2D eigenvalue weighted by molar-refractivity contribution is 0.324. The summed E-state index contributed by atoms with van der Waals surface area (Å²) >= 11 is 0. The molecule has 0 aliphatic carbocycles. The van der Waals surface area contributed by atoms with E-state index in [1.807, 2.05) is 36.4 Å². The Hall–Kier alpha value is -3.41. The van der Waals surface area contributed by atoms with Crippen LogP contribution in [-0.2, 0) is 6.54 Å². The van der Waals surface area contributed by atoms with Crippen LogP contribution in [0.15, 0.2) is 59.7 Å². The van der Waals surface area contributed by atoms with Crippen LogP contribution in [0.5, 0.6) is 17.2 Å². The second-order valence-corrected chi connectivity index (χ2v) is 6.62. The summed E-state index contributed by atoms with van der Waals surface area (Å²) in [6.45, 7) is 0.764. The van der Waals surface area contributed by atoms with Gasteiger partial charge in [0.1, 0.15) is 0 Å². The minimum atomic E-state index is -0.0301. The number of nitrogens with zero attached hydrogens (tertiary/aromatic N) is 2. The Morgan fingerprint density at radius 1 is 0.964 bits per heavy atom. The average molecular weight is 377 g/mol. The molecule has 1 aliphatic rings. The van der Waals surface area contributed by atoms with Gasteiger partial charge in [-0.15, -0.1) is 0 Å². The monoisotopic (exact) mass is 377 g/mol. The number of ether oxygens (including phenoxy) is 3. The number of hydrogen-bond donors (Lipinski definition) is 1. The van der Waals surface area contributed by atoms with Crippen molar-refractivity contribution in [3.8, 4) is 17.2 Å². The van der Waals surface area contributed by atoms with E-state index in [-0.39, 0.29) is 6.04 Å². The maximum Gasteiger partial charge on any atom is 0.203 e. The highest BCUT2D eigenvalue weighted by molar-refractivity contribution is 6.13. The Bertz CT molecular complexity index is 1010. The third kappa shape index (κ3) is 3.07. The van der Waals surface area contributed by atoms with Crippen molar-refractivity contribution in [1.29, 1.82) is 0 Å². The van der Waals surface area contributed by atoms with Gasteiger partial charge in [0.15, 0.2) is 11.5 Å². The van der Waals surface area contributed by atoms with Crippen molar-refractivity contribution in [2.45, 2.75) is 12.6 Å². The first-order chi connectivity index (χ1) is 13.6. The molecule has 0 amide bonds. The molecule has 1 aliphatic heterocycles. The highest BCUT2D eigenvalue weighted by atomic mass is 16.5. The van der Waals surface area contributed by atoms with Crippen molar-refractivity contribution in [2.24, 2.45) is 4.99 Å². The molecule has 0 spiro atoms. The molecule has 6 nitrogen and oxygen atoms in total. The van der Waals surface area contributed by atoms with Crippen LogP contribution in [0.2, 0.25) is 0 Å². The number of fused-ring (bicyclic) bond motifs is 1. The predicted molar refractivity (Wildman–Crippen MR) is 110 cm³/mol. The van der Waals surface area contributed by atoms with Crippen LogP contribution in [0.3, 0.4) is 0 Å². The molecule has 3 aromatic rings. The van der Waals surface area contributed by atoms with Crippen molar-refractivity contribution >= 4 is 11.4 Å². The van der Waals surface area contributed by atoms with E-state index < -0.39 is 0 Å². The molecule has 4 rings (SSSR count). The fourth-order valence-electron chi connectivity index (χ4n) is 3.62. The largest absolute Gasteiger partial charge is 0.493 e. The predicted octanol–water partition coefficient (Wildman–Crippen LogP) is 3.69. The molecule has 0 fully saturated rings. The van der Waals surface area contributed by atoms with Crippen molar-refractivity contribution in [1.82, 2.24) is 4.57 Å². The van der Waals surface area contributed by atoms with Gasteiger partial charge in [0.2, 0.25) is 5.75 Å². The highest BCUT2D eigenvalue weighted by Gasteiger charge is 2.25. The molecule has 0 radical (unpaired) electrons. The molecule has 1 atom stereocenters. The zero-order valence-electron chi connectivity index (χ0n) is 16.2. The summed E-state index contributed by atoms with van der Waals surface area (Å²) in [6, 6.07) is 15.8. The summed E-state index contributed by atoms with van der Waals surface area (Å²) in [5, 5.41) is 0. The average Bonchev–Trinajstić information content (AvgIpc) is 3.20. The summed E-state index contributed by atoms with van der Waals surface area (Å²) in [6.07, 6.45) is 2.07. The zero-order chi connectivity index (χ0) is 19.7. The first kappa shape index (κ1) is 18.0. The molecule has 2 N–H and O–H groups in total. The SMILES string of the molecule is COc1cc(C2=NC(c3cccc(N)c3)Cn3cccc32)cc(OC)c1OC. The summed E-state index contributed by atoms with van der Waals surface area (Å²) in [5.41, 5.74) is 10.6. The van der Waals surface area contributed by atoms with Crippen LogP contribution in [-0.4, -0.2) is 31.6 Å². The summed E-state index contributed by atoms with van der Waals surface area (Å²) < 4.78 is 18.7. The highest BCUT2D eigenvalue weighted by Crippen LogP contribution is 2.40. The topological polar surface area (TPSA) is 71.0 Å². The van der Waals surface area contributed by atoms with Crippen molar-refractivity contribution in [3.63, 3.8) is 0 Å². The smallest absolute Gasteiger partial charge is 0.203 e. The minimum absolute atomic E-state index is 0.0301. The second-order valence-electron chi connectivity index (χ2n) is 6.62. The van der Waals surface area contributed by atoms with Gasteiger partial charge in [0.25, 0.3) is 0 Å². The van der Waals surface area contributed by atoms with E-state index in [2.05, 4.69) is 22.9 Å². The molecule has 0 saturated carbocycles. The van der Waals surface area contributed by atoms with E-state index >= 15 is 0 Å². The molecule has 28 heavy (non-hydrogen) atoms. The van der Waals surface area contributed by atoms with Crippen molar-refractivity contribution < 1.29 is 14.2 Å². The van der Waals surface area contributed by atoms with Gasteiger partial charge in [-0.2, -0.15) is 0 Å². The van der Waals surface area contributed by atoms with E-state index in [9.17, 15) is 0 Å². The molecule has 2 heterocycles. The maximum atomic E-state index is 5.99. The minimum Gasteiger partial charge on any atom is -0.493 e. The number of benzene rings is 2. The Morgan fingerprint density at radius 3 is 2.36 bits per heavy atom.